The highest BCUT2D eigenvalue weighted by atomic mass is 16.2. The van der Waals surface area contributed by atoms with Crippen molar-refractivity contribution in [1.82, 2.24) is 10.6 Å². The molecule has 1 fully saturated rings. The summed E-state index contributed by atoms with van der Waals surface area (Å²) in [6.07, 6.45) is 3.39. The van der Waals surface area contributed by atoms with E-state index in [1.54, 1.807) is 0 Å². The van der Waals surface area contributed by atoms with Crippen LogP contribution in [0.25, 0.3) is 0 Å². The first-order valence-corrected chi connectivity index (χ1v) is 7.99. The summed E-state index contributed by atoms with van der Waals surface area (Å²) in [6, 6.07) is 8.54. The molecule has 1 aliphatic rings. The Morgan fingerprint density at radius 3 is 2.86 bits per heavy atom. The largest absolute Gasteiger partial charge is 0.335 e. The van der Waals surface area contributed by atoms with Crippen molar-refractivity contribution in [2.45, 2.75) is 52.1 Å². The summed E-state index contributed by atoms with van der Waals surface area (Å²) in [6.45, 7) is 7.39. The SMILES string of the molecule is CCNC(C)c1cccc(NC(=O)NC2CCC(C)C2)c1. The van der Waals surface area contributed by atoms with Gasteiger partial charge in [0, 0.05) is 17.8 Å². The van der Waals surface area contributed by atoms with Gasteiger partial charge in [0.25, 0.3) is 0 Å². The van der Waals surface area contributed by atoms with Crippen LogP contribution in [0.2, 0.25) is 0 Å². The minimum Gasteiger partial charge on any atom is -0.335 e. The van der Waals surface area contributed by atoms with Gasteiger partial charge in [-0.1, -0.05) is 26.0 Å². The molecule has 1 aromatic rings. The maximum absolute atomic E-state index is 12.0. The Hall–Kier alpha value is -1.55. The van der Waals surface area contributed by atoms with Gasteiger partial charge in [-0.25, -0.2) is 4.79 Å². The fourth-order valence-electron chi connectivity index (χ4n) is 3.00. The zero-order valence-electron chi connectivity index (χ0n) is 13.3. The van der Waals surface area contributed by atoms with Crippen molar-refractivity contribution >= 4 is 11.7 Å². The lowest BCUT2D eigenvalue weighted by Gasteiger charge is -2.16. The third-order valence-corrected chi connectivity index (χ3v) is 4.18. The Labute approximate surface area is 127 Å². The van der Waals surface area contributed by atoms with Crippen molar-refractivity contribution < 1.29 is 4.79 Å². The van der Waals surface area contributed by atoms with Gasteiger partial charge in [-0.05, 0) is 56.3 Å². The summed E-state index contributed by atoms with van der Waals surface area (Å²) in [5.41, 5.74) is 2.03. The molecule has 1 aliphatic carbocycles. The molecule has 4 heteroatoms. The monoisotopic (exact) mass is 289 g/mol. The lowest BCUT2D eigenvalue weighted by molar-refractivity contribution is 0.248. The number of carbonyl (C=O) groups excluding carboxylic acids is 1. The average molecular weight is 289 g/mol. The zero-order valence-corrected chi connectivity index (χ0v) is 13.3. The molecule has 0 bridgehead atoms. The minimum atomic E-state index is -0.0950. The summed E-state index contributed by atoms with van der Waals surface area (Å²) in [5, 5.41) is 9.39. The van der Waals surface area contributed by atoms with Crippen LogP contribution >= 0.6 is 0 Å². The van der Waals surface area contributed by atoms with Gasteiger partial charge in [0.05, 0.1) is 0 Å². The van der Waals surface area contributed by atoms with E-state index in [1.165, 1.54) is 12.0 Å². The van der Waals surface area contributed by atoms with E-state index in [0.29, 0.717) is 6.04 Å². The second kappa shape index (κ2) is 7.46. The number of rotatable bonds is 5. The van der Waals surface area contributed by atoms with Crippen LogP contribution in [0.1, 0.15) is 51.6 Å². The summed E-state index contributed by atoms with van der Waals surface area (Å²) in [7, 11) is 0. The van der Waals surface area contributed by atoms with Crippen LogP contribution in [0, 0.1) is 5.92 Å². The second-order valence-corrected chi connectivity index (χ2v) is 6.12. The number of nitrogens with one attached hydrogen (secondary N) is 3. The number of hydrogen-bond acceptors (Lipinski definition) is 2. The van der Waals surface area contributed by atoms with Gasteiger partial charge in [-0.3, -0.25) is 0 Å². The third-order valence-electron chi connectivity index (χ3n) is 4.18. The third kappa shape index (κ3) is 4.74. The molecule has 1 saturated carbocycles. The molecule has 0 heterocycles. The van der Waals surface area contributed by atoms with E-state index >= 15 is 0 Å². The van der Waals surface area contributed by atoms with Crippen molar-refractivity contribution in [3.63, 3.8) is 0 Å². The number of anilines is 1. The summed E-state index contributed by atoms with van der Waals surface area (Å²) >= 11 is 0. The van der Waals surface area contributed by atoms with Crippen LogP contribution in [0.3, 0.4) is 0 Å². The molecule has 0 radical (unpaired) electrons. The van der Waals surface area contributed by atoms with Crippen molar-refractivity contribution in [3.8, 4) is 0 Å². The van der Waals surface area contributed by atoms with Crippen LogP contribution in [0.15, 0.2) is 24.3 Å². The number of benzene rings is 1. The molecule has 3 N–H and O–H groups in total. The van der Waals surface area contributed by atoms with Gasteiger partial charge in [0.15, 0.2) is 0 Å². The quantitative estimate of drug-likeness (QED) is 0.774. The topological polar surface area (TPSA) is 53.2 Å². The van der Waals surface area contributed by atoms with Crippen LogP contribution in [0.5, 0.6) is 0 Å². The van der Waals surface area contributed by atoms with Crippen molar-refractivity contribution in [2.75, 3.05) is 11.9 Å². The smallest absolute Gasteiger partial charge is 0.319 e. The summed E-state index contributed by atoms with van der Waals surface area (Å²) in [4.78, 5) is 12.0. The Kier molecular flexibility index (Phi) is 5.62. The fourth-order valence-corrected chi connectivity index (χ4v) is 3.00. The molecule has 4 nitrogen and oxygen atoms in total. The minimum absolute atomic E-state index is 0.0950. The van der Waals surface area contributed by atoms with E-state index < -0.39 is 0 Å². The molecule has 0 saturated heterocycles. The van der Waals surface area contributed by atoms with E-state index in [2.05, 4.69) is 42.8 Å². The van der Waals surface area contributed by atoms with E-state index in [0.717, 1.165) is 31.0 Å². The molecule has 2 amide bonds. The first-order valence-electron chi connectivity index (χ1n) is 7.99. The highest BCUT2D eigenvalue weighted by Crippen LogP contribution is 2.24. The van der Waals surface area contributed by atoms with E-state index in [1.807, 2.05) is 18.2 Å². The molecule has 3 unspecified atom stereocenters. The summed E-state index contributed by atoms with van der Waals surface area (Å²) in [5.74, 6) is 0.722. The van der Waals surface area contributed by atoms with Crippen molar-refractivity contribution in [2.24, 2.45) is 5.92 Å². The predicted octanol–water partition coefficient (Wildman–Crippen LogP) is 3.67. The molecule has 0 aromatic heterocycles. The molecular weight excluding hydrogens is 262 g/mol. The highest BCUT2D eigenvalue weighted by molar-refractivity contribution is 5.89. The van der Waals surface area contributed by atoms with Crippen LogP contribution in [0.4, 0.5) is 10.5 Å². The first kappa shape index (κ1) is 15.8. The van der Waals surface area contributed by atoms with E-state index in [4.69, 9.17) is 0 Å². The van der Waals surface area contributed by atoms with Gasteiger partial charge >= 0.3 is 6.03 Å². The molecule has 116 valence electrons. The normalized spacial score (nSPS) is 22.8. The zero-order chi connectivity index (χ0) is 15.2. The number of carbonyl (C=O) groups is 1. The number of amides is 2. The lowest BCUT2D eigenvalue weighted by atomic mass is 10.1. The van der Waals surface area contributed by atoms with Gasteiger partial charge in [-0.15, -0.1) is 0 Å². The van der Waals surface area contributed by atoms with Crippen LogP contribution in [-0.4, -0.2) is 18.6 Å². The average Bonchev–Trinajstić information content (AvgIpc) is 2.84. The van der Waals surface area contributed by atoms with E-state index in [9.17, 15) is 4.79 Å². The molecule has 3 atom stereocenters. The second-order valence-electron chi connectivity index (χ2n) is 6.12. The van der Waals surface area contributed by atoms with Crippen LogP contribution < -0.4 is 16.0 Å². The van der Waals surface area contributed by atoms with Gasteiger partial charge in [-0.2, -0.15) is 0 Å². The summed E-state index contributed by atoms with van der Waals surface area (Å²) < 4.78 is 0. The standard InChI is InChI=1S/C17H27N3O/c1-4-18-13(3)14-6-5-7-15(11-14)19-17(21)20-16-9-8-12(2)10-16/h5-7,11-13,16,18H,4,8-10H2,1-3H3,(H2,19,20,21). The first-order chi connectivity index (χ1) is 10.1. The Morgan fingerprint density at radius 2 is 2.19 bits per heavy atom. The van der Waals surface area contributed by atoms with E-state index in [-0.39, 0.29) is 12.1 Å². The molecule has 1 aromatic carbocycles. The highest BCUT2D eigenvalue weighted by Gasteiger charge is 2.22. The molecule has 21 heavy (non-hydrogen) atoms. The van der Waals surface area contributed by atoms with Crippen molar-refractivity contribution in [3.05, 3.63) is 29.8 Å². The Balaban J connectivity index is 1.90. The van der Waals surface area contributed by atoms with Gasteiger partial charge in [0.1, 0.15) is 0 Å². The Morgan fingerprint density at radius 1 is 1.38 bits per heavy atom. The predicted molar refractivity (Wildman–Crippen MR) is 87.5 cm³/mol. The molecule has 2 rings (SSSR count). The maximum Gasteiger partial charge on any atom is 0.319 e. The maximum atomic E-state index is 12.0. The van der Waals surface area contributed by atoms with Crippen molar-refractivity contribution in [1.29, 1.82) is 0 Å². The molecule has 0 aliphatic heterocycles. The lowest BCUT2D eigenvalue weighted by Crippen LogP contribution is -2.36. The van der Waals surface area contributed by atoms with Gasteiger partial charge in [0.2, 0.25) is 0 Å². The number of urea groups is 1. The van der Waals surface area contributed by atoms with Gasteiger partial charge < -0.3 is 16.0 Å². The number of hydrogen-bond donors (Lipinski definition) is 3. The Bertz CT molecular complexity index is 475. The fraction of sp³-hybridized carbons (Fsp3) is 0.588. The molecule has 0 spiro atoms. The van der Waals surface area contributed by atoms with Crippen LogP contribution in [-0.2, 0) is 0 Å². The molecular formula is C17H27N3O.